The van der Waals surface area contributed by atoms with E-state index in [0.717, 1.165) is 6.42 Å². The molecule has 0 heterocycles. The van der Waals surface area contributed by atoms with Crippen molar-refractivity contribution in [3.63, 3.8) is 0 Å². The number of non-ortho nitro benzene ring substituents is 1. The summed E-state index contributed by atoms with van der Waals surface area (Å²) in [5, 5.41) is 10.5. The Morgan fingerprint density at radius 1 is 1.33 bits per heavy atom. The van der Waals surface area contributed by atoms with E-state index in [1.807, 2.05) is 20.8 Å². The standard InChI is InChI=1S/C13H17NO4/c1-4-9(2)10(3)18-13(15)11-5-7-12(8-6-11)14(16)17/h5-10H,4H2,1-3H3. The van der Waals surface area contributed by atoms with Crippen molar-refractivity contribution in [1.29, 1.82) is 0 Å². The summed E-state index contributed by atoms with van der Waals surface area (Å²) in [6.07, 6.45) is 0.757. The van der Waals surface area contributed by atoms with Gasteiger partial charge in [0.2, 0.25) is 0 Å². The topological polar surface area (TPSA) is 69.4 Å². The van der Waals surface area contributed by atoms with Crippen LogP contribution in [0.2, 0.25) is 0 Å². The van der Waals surface area contributed by atoms with Crippen LogP contribution < -0.4 is 0 Å². The second-order valence-electron chi connectivity index (χ2n) is 4.30. The van der Waals surface area contributed by atoms with Gasteiger partial charge in [-0.15, -0.1) is 0 Å². The van der Waals surface area contributed by atoms with Crippen molar-refractivity contribution < 1.29 is 14.5 Å². The van der Waals surface area contributed by atoms with Crippen molar-refractivity contribution in [2.24, 2.45) is 5.92 Å². The average molecular weight is 251 g/mol. The van der Waals surface area contributed by atoms with Crippen molar-refractivity contribution in [2.45, 2.75) is 33.3 Å². The fourth-order valence-electron chi connectivity index (χ4n) is 1.40. The first-order valence-corrected chi connectivity index (χ1v) is 5.91. The minimum Gasteiger partial charge on any atom is -0.459 e. The van der Waals surface area contributed by atoms with Crippen LogP contribution in [-0.2, 0) is 4.74 Å². The van der Waals surface area contributed by atoms with Gasteiger partial charge in [-0.05, 0) is 25.0 Å². The van der Waals surface area contributed by atoms with Gasteiger partial charge in [-0.3, -0.25) is 10.1 Å². The monoisotopic (exact) mass is 251 g/mol. The molecule has 0 aliphatic rings. The summed E-state index contributed by atoms with van der Waals surface area (Å²) in [6, 6.07) is 5.41. The normalized spacial score (nSPS) is 13.7. The molecular formula is C13H17NO4. The molecule has 2 atom stereocenters. The highest BCUT2D eigenvalue weighted by Gasteiger charge is 2.17. The van der Waals surface area contributed by atoms with E-state index in [9.17, 15) is 14.9 Å². The maximum atomic E-state index is 11.8. The minimum atomic E-state index is -0.503. The SMILES string of the molecule is CCC(C)C(C)OC(=O)c1ccc([N+](=O)[O-])cc1. The molecule has 0 amide bonds. The highest BCUT2D eigenvalue weighted by atomic mass is 16.6. The molecule has 0 aromatic heterocycles. The van der Waals surface area contributed by atoms with Crippen molar-refractivity contribution in [2.75, 3.05) is 0 Å². The van der Waals surface area contributed by atoms with Crippen LogP contribution in [0.3, 0.4) is 0 Å². The van der Waals surface area contributed by atoms with Gasteiger partial charge >= 0.3 is 5.97 Å². The highest BCUT2D eigenvalue weighted by Crippen LogP contribution is 2.16. The second kappa shape index (κ2) is 6.14. The number of carbonyl (C=O) groups excluding carboxylic acids is 1. The van der Waals surface area contributed by atoms with Crippen molar-refractivity contribution in [1.82, 2.24) is 0 Å². The number of esters is 1. The van der Waals surface area contributed by atoms with Crippen LogP contribution in [0.15, 0.2) is 24.3 Å². The average Bonchev–Trinajstić information content (AvgIpc) is 2.37. The molecule has 0 radical (unpaired) electrons. The Hall–Kier alpha value is -1.91. The van der Waals surface area contributed by atoms with Crippen LogP contribution in [0.5, 0.6) is 0 Å². The fourth-order valence-corrected chi connectivity index (χ4v) is 1.40. The molecular weight excluding hydrogens is 234 g/mol. The van der Waals surface area contributed by atoms with Gasteiger partial charge < -0.3 is 4.74 Å². The third-order valence-electron chi connectivity index (χ3n) is 3.05. The molecule has 0 bridgehead atoms. The Morgan fingerprint density at radius 3 is 2.33 bits per heavy atom. The van der Waals surface area contributed by atoms with E-state index in [0.29, 0.717) is 5.56 Å². The lowest BCUT2D eigenvalue weighted by Gasteiger charge is -2.18. The fraction of sp³-hybridized carbons (Fsp3) is 0.462. The molecule has 1 aromatic carbocycles. The zero-order chi connectivity index (χ0) is 13.7. The smallest absolute Gasteiger partial charge is 0.338 e. The van der Waals surface area contributed by atoms with Gasteiger partial charge in [0.05, 0.1) is 10.5 Å². The summed E-state index contributed by atoms with van der Waals surface area (Å²) in [5.41, 5.74) is 0.289. The largest absolute Gasteiger partial charge is 0.459 e. The first-order chi connectivity index (χ1) is 8.45. The van der Waals surface area contributed by atoms with Crippen molar-refractivity contribution >= 4 is 11.7 Å². The summed E-state index contributed by atoms with van der Waals surface area (Å²) in [6.45, 7) is 5.88. The summed E-state index contributed by atoms with van der Waals surface area (Å²) < 4.78 is 5.28. The van der Waals surface area contributed by atoms with E-state index in [4.69, 9.17) is 4.74 Å². The maximum absolute atomic E-state index is 11.8. The number of nitro groups is 1. The summed E-state index contributed by atoms with van der Waals surface area (Å²) in [5.74, 6) is -0.162. The lowest BCUT2D eigenvalue weighted by atomic mass is 10.0. The van der Waals surface area contributed by atoms with E-state index in [1.54, 1.807) is 0 Å². The molecule has 5 nitrogen and oxygen atoms in total. The Balaban J connectivity index is 2.70. The predicted octanol–water partition coefficient (Wildman–Crippen LogP) is 3.19. The lowest BCUT2D eigenvalue weighted by molar-refractivity contribution is -0.384. The molecule has 2 unspecified atom stereocenters. The first kappa shape index (κ1) is 14.2. The summed E-state index contributed by atoms with van der Waals surface area (Å²) in [7, 11) is 0. The molecule has 1 rings (SSSR count). The zero-order valence-electron chi connectivity index (χ0n) is 10.8. The second-order valence-corrected chi connectivity index (χ2v) is 4.30. The molecule has 0 fully saturated rings. The number of nitro benzene ring substituents is 1. The first-order valence-electron chi connectivity index (χ1n) is 5.91. The molecule has 98 valence electrons. The molecule has 0 N–H and O–H groups in total. The third-order valence-corrected chi connectivity index (χ3v) is 3.05. The van der Waals surface area contributed by atoms with Gasteiger partial charge in [-0.2, -0.15) is 0 Å². The third kappa shape index (κ3) is 3.55. The van der Waals surface area contributed by atoms with Crippen LogP contribution in [0.1, 0.15) is 37.6 Å². The highest BCUT2D eigenvalue weighted by molar-refractivity contribution is 5.89. The van der Waals surface area contributed by atoms with Gasteiger partial charge in [0.15, 0.2) is 0 Å². The summed E-state index contributed by atoms with van der Waals surface area (Å²) in [4.78, 5) is 21.7. The predicted molar refractivity (Wildman–Crippen MR) is 67.4 cm³/mol. The Labute approximate surface area is 106 Å². The van der Waals surface area contributed by atoms with Gasteiger partial charge in [-0.25, -0.2) is 4.79 Å². The van der Waals surface area contributed by atoms with E-state index in [-0.39, 0.29) is 17.7 Å². The van der Waals surface area contributed by atoms with Crippen molar-refractivity contribution in [3.05, 3.63) is 39.9 Å². The Morgan fingerprint density at radius 2 is 1.89 bits per heavy atom. The number of hydrogen-bond acceptors (Lipinski definition) is 4. The Bertz CT molecular complexity index is 427. The van der Waals surface area contributed by atoms with Crippen LogP contribution in [0.25, 0.3) is 0 Å². The van der Waals surface area contributed by atoms with Gasteiger partial charge in [0.1, 0.15) is 6.10 Å². The number of nitrogens with zero attached hydrogens (tertiary/aromatic N) is 1. The van der Waals surface area contributed by atoms with E-state index in [1.165, 1.54) is 24.3 Å². The van der Waals surface area contributed by atoms with Crippen LogP contribution >= 0.6 is 0 Å². The molecule has 5 heteroatoms. The lowest BCUT2D eigenvalue weighted by Crippen LogP contribution is -2.21. The molecule has 0 aliphatic heterocycles. The molecule has 0 aliphatic carbocycles. The van der Waals surface area contributed by atoms with E-state index >= 15 is 0 Å². The van der Waals surface area contributed by atoms with Crippen LogP contribution in [0.4, 0.5) is 5.69 Å². The maximum Gasteiger partial charge on any atom is 0.338 e. The summed E-state index contributed by atoms with van der Waals surface area (Å²) >= 11 is 0. The molecule has 1 aromatic rings. The number of hydrogen-bond donors (Lipinski definition) is 0. The number of benzene rings is 1. The zero-order valence-corrected chi connectivity index (χ0v) is 10.8. The van der Waals surface area contributed by atoms with Gasteiger partial charge in [0, 0.05) is 12.1 Å². The molecule has 18 heavy (non-hydrogen) atoms. The van der Waals surface area contributed by atoms with Gasteiger partial charge in [-0.1, -0.05) is 20.3 Å². The van der Waals surface area contributed by atoms with Crippen LogP contribution in [-0.4, -0.2) is 17.0 Å². The van der Waals surface area contributed by atoms with E-state index < -0.39 is 10.9 Å². The minimum absolute atomic E-state index is 0.0403. The number of carbonyl (C=O) groups is 1. The molecule has 0 spiro atoms. The number of ether oxygens (including phenoxy) is 1. The number of rotatable bonds is 5. The Kier molecular flexibility index (Phi) is 4.83. The molecule has 0 saturated heterocycles. The quantitative estimate of drug-likeness (QED) is 0.458. The van der Waals surface area contributed by atoms with Crippen LogP contribution in [0, 0.1) is 16.0 Å². The van der Waals surface area contributed by atoms with E-state index in [2.05, 4.69) is 0 Å². The molecule has 0 saturated carbocycles. The van der Waals surface area contributed by atoms with Gasteiger partial charge in [0.25, 0.3) is 5.69 Å². The van der Waals surface area contributed by atoms with Crippen molar-refractivity contribution in [3.8, 4) is 0 Å².